The van der Waals surface area contributed by atoms with Crippen molar-refractivity contribution in [2.75, 3.05) is 38.2 Å². The largest absolute Gasteiger partial charge is 0.495 e. The molecule has 7 nitrogen and oxygen atoms in total. The maximum absolute atomic E-state index is 12.3. The molecule has 0 bridgehead atoms. The van der Waals surface area contributed by atoms with Crippen LogP contribution in [0, 0.1) is 0 Å². The molecule has 144 valence electrons. The van der Waals surface area contributed by atoms with Gasteiger partial charge in [-0.2, -0.15) is 0 Å². The first-order valence-electron chi connectivity index (χ1n) is 9.24. The second-order valence-corrected chi connectivity index (χ2v) is 6.49. The number of amides is 2. The molecule has 26 heavy (non-hydrogen) atoms. The molecule has 2 N–H and O–H groups in total. The number of nitrogens with one attached hydrogen (secondary N) is 1. The number of carbonyl (C=O) groups is 2. The van der Waals surface area contributed by atoms with Crippen molar-refractivity contribution in [3.8, 4) is 5.75 Å². The van der Waals surface area contributed by atoms with E-state index in [0.717, 1.165) is 63.3 Å². The van der Waals surface area contributed by atoms with Crippen LogP contribution in [0.2, 0.25) is 0 Å². The van der Waals surface area contributed by atoms with Gasteiger partial charge in [0.25, 0.3) is 0 Å². The lowest BCUT2D eigenvalue weighted by Gasteiger charge is -2.36. The first-order chi connectivity index (χ1) is 12.7. The van der Waals surface area contributed by atoms with Crippen LogP contribution in [-0.2, 0) is 9.59 Å². The van der Waals surface area contributed by atoms with Crippen molar-refractivity contribution in [1.82, 2.24) is 10.4 Å². The molecule has 2 amide bonds. The zero-order valence-corrected chi connectivity index (χ0v) is 15.4. The molecule has 1 aliphatic rings. The van der Waals surface area contributed by atoms with E-state index in [1.54, 1.807) is 12.6 Å². The molecule has 1 aliphatic heterocycles. The van der Waals surface area contributed by atoms with Crippen molar-refractivity contribution < 1.29 is 19.5 Å². The average molecular weight is 363 g/mol. The van der Waals surface area contributed by atoms with Crippen LogP contribution in [0.1, 0.15) is 38.5 Å². The van der Waals surface area contributed by atoms with Gasteiger partial charge in [-0.25, -0.2) is 5.48 Å². The van der Waals surface area contributed by atoms with Crippen LogP contribution in [-0.4, -0.2) is 55.2 Å². The number of piperazine rings is 1. The minimum Gasteiger partial charge on any atom is -0.495 e. The lowest BCUT2D eigenvalue weighted by atomic mass is 10.1. The number of hydrogen-bond acceptors (Lipinski definition) is 5. The summed E-state index contributed by atoms with van der Waals surface area (Å²) in [5.41, 5.74) is 2.71. The minimum absolute atomic E-state index is 0.206. The van der Waals surface area contributed by atoms with Gasteiger partial charge < -0.3 is 14.5 Å². The monoisotopic (exact) mass is 363 g/mol. The summed E-state index contributed by atoms with van der Waals surface area (Å²) < 4.78 is 5.42. The summed E-state index contributed by atoms with van der Waals surface area (Å²) in [5, 5.41) is 8.42. The number of unbranched alkanes of at least 4 members (excludes halogenated alkanes) is 3. The Hall–Kier alpha value is -2.28. The van der Waals surface area contributed by atoms with Crippen LogP contribution >= 0.6 is 0 Å². The number of benzene rings is 1. The molecule has 7 heteroatoms. The van der Waals surface area contributed by atoms with E-state index in [2.05, 4.69) is 4.90 Å². The van der Waals surface area contributed by atoms with E-state index in [-0.39, 0.29) is 11.8 Å². The quantitative estimate of drug-likeness (QED) is 0.399. The summed E-state index contributed by atoms with van der Waals surface area (Å²) in [6.07, 6.45) is 4.27. The third kappa shape index (κ3) is 5.91. The topological polar surface area (TPSA) is 82.1 Å². The van der Waals surface area contributed by atoms with Gasteiger partial charge in [-0.3, -0.25) is 14.8 Å². The Morgan fingerprint density at radius 2 is 1.69 bits per heavy atom. The molecule has 0 spiro atoms. The van der Waals surface area contributed by atoms with Crippen molar-refractivity contribution in [1.29, 1.82) is 0 Å². The van der Waals surface area contributed by atoms with E-state index >= 15 is 0 Å². The van der Waals surface area contributed by atoms with Crippen LogP contribution < -0.4 is 15.1 Å². The van der Waals surface area contributed by atoms with Crippen LogP contribution in [0.3, 0.4) is 0 Å². The zero-order chi connectivity index (χ0) is 18.8. The molecule has 0 unspecified atom stereocenters. The maximum Gasteiger partial charge on any atom is 0.243 e. The number of ether oxygens (including phenoxy) is 1. The normalized spacial score (nSPS) is 14.2. The highest BCUT2D eigenvalue weighted by Crippen LogP contribution is 2.28. The van der Waals surface area contributed by atoms with Crippen LogP contribution in [0.4, 0.5) is 5.69 Å². The Labute approximate surface area is 154 Å². The molecule has 1 fully saturated rings. The lowest BCUT2D eigenvalue weighted by molar-refractivity contribution is -0.132. The predicted octanol–water partition coefficient (Wildman–Crippen LogP) is 2.19. The van der Waals surface area contributed by atoms with Gasteiger partial charge in [0.2, 0.25) is 11.8 Å². The van der Waals surface area contributed by atoms with Crippen molar-refractivity contribution in [3.63, 3.8) is 0 Å². The summed E-state index contributed by atoms with van der Waals surface area (Å²) >= 11 is 0. The summed E-state index contributed by atoms with van der Waals surface area (Å²) in [7, 11) is 1.68. The zero-order valence-electron chi connectivity index (χ0n) is 15.4. The lowest BCUT2D eigenvalue weighted by Crippen LogP contribution is -2.48. The summed E-state index contributed by atoms with van der Waals surface area (Å²) in [5.74, 6) is 0.717. The molecule has 0 atom stereocenters. The van der Waals surface area contributed by atoms with E-state index in [1.165, 1.54) is 0 Å². The Bertz CT molecular complexity index is 586. The van der Waals surface area contributed by atoms with E-state index < -0.39 is 0 Å². The molecule has 1 aromatic rings. The highest BCUT2D eigenvalue weighted by molar-refractivity contribution is 5.76. The van der Waals surface area contributed by atoms with Crippen molar-refractivity contribution in [2.45, 2.75) is 38.5 Å². The molecular formula is C19H29N3O4. The molecule has 1 saturated heterocycles. The van der Waals surface area contributed by atoms with Crippen molar-refractivity contribution in [2.24, 2.45) is 0 Å². The molecule has 2 rings (SSSR count). The van der Waals surface area contributed by atoms with Gasteiger partial charge in [-0.1, -0.05) is 25.0 Å². The average Bonchev–Trinajstić information content (AvgIpc) is 2.70. The Morgan fingerprint density at radius 1 is 1.04 bits per heavy atom. The van der Waals surface area contributed by atoms with Crippen molar-refractivity contribution in [3.05, 3.63) is 24.3 Å². The van der Waals surface area contributed by atoms with Crippen LogP contribution in [0.15, 0.2) is 24.3 Å². The number of methoxy groups -OCH3 is 1. The van der Waals surface area contributed by atoms with E-state index in [0.29, 0.717) is 12.8 Å². The Balaban J connectivity index is 1.66. The first kappa shape index (κ1) is 20.0. The maximum atomic E-state index is 12.3. The first-order valence-corrected chi connectivity index (χ1v) is 9.24. The number of hydroxylamine groups is 1. The number of rotatable bonds is 9. The number of para-hydroxylation sites is 2. The van der Waals surface area contributed by atoms with Gasteiger partial charge in [0.1, 0.15) is 5.75 Å². The summed E-state index contributed by atoms with van der Waals surface area (Å²) in [6, 6.07) is 7.96. The highest BCUT2D eigenvalue weighted by atomic mass is 16.5. The fourth-order valence-electron chi connectivity index (χ4n) is 3.22. The molecule has 0 radical (unpaired) electrons. The Kier molecular flexibility index (Phi) is 8.21. The molecule has 0 saturated carbocycles. The second kappa shape index (κ2) is 10.7. The number of carbonyl (C=O) groups excluding carboxylic acids is 2. The van der Waals surface area contributed by atoms with Gasteiger partial charge in [-0.15, -0.1) is 0 Å². The smallest absolute Gasteiger partial charge is 0.243 e. The SMILES string of the molecule is COc1ccccc1N1CCN(C(=O)CCCCCCC(=O)NO)CC1. The van der Waals surface area contributed by atoms with Gasteiger partial charge in [0, 0.05) is 39.0 Å². The van der Waals surface area contributed by atoms with Crippen LogP contribution in [0.5, 0.6) is 5.75 Å². The highest BCUT2D eigenvalue weighted by Gasteiger charge is 2.22. The van der Waals surface area contributed by atoms with Gasteiger partial charge >= 0.3 is 0 Å². The standard InChI is InChI=1S/C19H29N3O4/c1-26-17-9-7-6-8-16(17)21-12-14-22(15-13-21)19(24)11-5-3-2-4-10-18(23)20-25/h6-9,25H,2-5,10-15H2,1H3,(H,20,23). The summed E-state index contributed by atoms with van der Waals surface area (Å²) in [6.45, 7) is 3.08. The predicted molar refractivity (Wildman–Crippen MR) is 99.4 cm³/mol. The van der Waals surface area contributed by atoms with Crippen LogP contribution in [0.25, 0.3) is 0 Å². The van der Waals surface area contributed by atoms with E-state index in [4.69, 9.17) is 9.94 Å². The van der Waals surface area contributed by atoms with Gasteiger partial charge in [0.15, 0.2) is 0 Å². The van der Waals surface area contributed by atoms with Gasteiger partial charge in [-0.05, 0) is 25.0 Å². The van der Waals surface area contributed by atoms with Crippen molar-refractivity contribution >= 4 is 17.5 Å². The molecular weight excluding hydrogens is 334 g/mol. The molecule has 0 aromatic heterocycles. The number of nitrogens with zero attached hydrogens (tertiary/aromatic N) is 2. The Morgan fingerprint density at radius 3 is 2.35 bits per heavy atom. The summed E-state index contributed by atoms with van der Waals surface area (Å²) in [4.78, 5) is 27.4. The number of hydrogen-bond donors (Lipinski definition) is 2. The minimum atomic E-state index is -0.353. The fraction of sp³-hybridized carbons (Fsp3) is 0.579. The third-order valence-corrected chi connectivity index (χ3v) is 4.73. The number of anilines is 1. The fourth-order valence-corrected chi connectivity index (χ4v) is 3.22. The molecule has 1 heterocycles. The van der Waals surface area contributed by atoms with E-state index in [9.17, 15) is 9.59 Å². The molecule has 1 aromatic carbocycles. The second-order valence-electron chi connectivity index (χ2n) is 6.49. The third-order valence-electron chi connectivity index (χ3n) is 4.73. The van der Waals surface area contributed by atoms with Gasteiger partial charge in [0.05, 0.1) is 12.8 Å². The molecule has 0 aliphatic carbocycles. The van der Waals surface area contributed by atoms with E-state index in [1.807, 2.05) is 29.2 Å².